The molecule has 0 atom stereocenters. The number of esters is 1. The molecule has 0 saturated heterocycles. The van der Waals surface area contributed by atoms with Crippen molar-refractivity contribution in [3.63, 3.8) is 0 Å². The molecule has 0 aliphatic rings. The van der Waals surface area contributed by atoms with Crippen molar-refractivity contribution in [3.8, 4) is 0 Å². The van der Waals surface area contributed by atoms with Gasteiger partial charge in [-0.2, -0.15) is 0 Å². The number of amides is 1. The number of unbranched alkanes of at least 4 members (excludes halogenated alkanes) is 2. The largest absolute Gasteiger partial charge is 0.469 e. The molecule has 4 heteroatoms. The van der Waals surface area contributed by atoms with Gasteiger partial charge in [-0.05, 0) is 38.8 Å². The van der Waals surface area contributed by atoms with Crippen LogP contribution in [0.4, 0.5) is 0 Å². The van der Waals surface area contributed by atoms with Gasteiger partial charge in [-0.15, -0.1) is 0 Å². The van der Waals surface area contributed by atoms with Crippen LogP contribution < -0.4 is 5.32 Å². The lowest BCUT2D eigenvalue weighted by Crippen LogP contribution is -2.24. The molecule has 4 nitrogen and oxygen atoms in total. The van der Waals surface area contributed by atoms with E-state index in [0.29, 0.717) is 18.5 Å². The van der Waals surface area contributed by atoms with Crippen LogP contribution in [0.25, 0.3) is 0 Å². The predicted molar refractivity (Wildman–Crippen MR) is 78.7 cm³/mol. The van der Waals surface area contributed by atoms with Gasteiger partial charge in [0.2, 0.25) is 0 Å². The molecule has 0 aromatic heterocycles. The van der Waals surface area contributed by atoms with Crippen LogP contribution in [0.1, 0.15) is 47.2 Å². The van der Waals surface area contributed by atoms with Crippen LogP contribution in [0, 0.1) is 13.8 Å². The second-order valence-electron chi connectivity index (χ2n) is 5.02. The summed E-state index contributed by atoms with van der Waals surface area (Å²) in [5.74, 6) is -0.214. The van der Waals surface area contributed by atoms with Crippen LogP contribution in [-0.2, 0) is 9.53 Å². The van der Waals surface area contributed by atoms with Gasteiger partial charge in [-0.3, -0.25) is 9.59 Å². The average molecular weight is 277 g/mol. The van der Waals surface area contributed by atoms with Gasteiger partial charge >= 0.3 is 5.97 Å². The Morgan fingerprint density at radius 1 is 1.05 bits per heavy atom. The van der Waals surface area contributed by atoms with Gasteiger partial charge in [-0.25, -0.2) is 0 Å². The van der Waals surface area contributed by atoms with E-state index in [4.69, 9.17) is 0 Å². The maximum atomic E-state index is 12.0. The molecule has 0 fully saturated rings. The van der Waals surface area contributed by atoms with Crippen molar-refractivity contribution >= 4 is 11.9 Å². The lowest BCUT2D eigenvalue weighted by Gasteiger charge is -2.07. The third-order valence-electron chi connectivity index (χ3n) is 3.05. The highest BCUT2D eigenvalue weighted by Gasteiger charge is 2.06. The molecule has 0 spiro atoms. The first kappa shape index (κ1) is 16.2. The zero-order valence-electron chi connectivity index (χ0n) is 12.5. The molecule has 0 unspecified atom stereocenters. The van der Waals surface area contributed by atoms with E-state index in [2.05, 4.69) is 10.1 Å². The molecule has 1 N–H and O–H groups in total. The summed E-state index contributed by atoms with van der Waals surface area (Å²) in [5, 5.41) is 2.90. The van der Waals surface area contributed by atoms with Crippen LogP contribution in [0.15, 0.2) is 18.2 Å². The molecule has 0 saturated carbocycles. The molecule has 1 aromatic carbocycles. The Bertz CT molecular complexity index is 449. The first-order valence-corrected chi connectivity index (χ1v) is 6.96. The van der Waals surface area contributed by atoms with Gasteiger partial charge in [-0.1, -0.05) is 23.6 Å². The van der Waals surface area contributed by atoms with E-state index in [1.165, 1.54) is 7.11 Å². The van der Waals surface area contributed by atoms with E-state index in [0.717, 1.165) is 30.4 Å². The zero-order valence-corrected chi connectivity index (χ0v) is 12.5. The topological polar surface area (TPSA) is 55.4 Å². The van der Waals surface area contributed by atoms with Gasteiger partial charge in [0.1, 0.15) is 0 Å². The molecule has 0 aliphatic heterocycles. The van der Waals surface area contributed by atoms with E-state index in [-0.39, 0.29) is 11.9 Å². The van der Waals surface area contributed by atoms with Crippen molar-refractivity contribution < 1.29 is 14.3 Å². The van der Waals surface area contributed by atoms with Crippen LogP contribution in [-0.4, -0.2) is 25.5 Å². The summed E-state index contributed by atoms with van der Waals surface area (Å²) in [7, 11) is 1.40. The van der Waals surface area contributed by atoms with Crippen molar-refractivity contribution in [2.75, 3.05) is 13.7 Å². The standard InChI is InChI=1S/C16H23NO3/c1-12-9-13(2)11-14(10-12)16(19)17-8-6-4-5-7-15(18)20-3/h9-11H,4-8H2,1-3H3,(H,17,19). The number of benzene rings is 1. The second kappa shape index (κ2) is 8.35. The van der Waals surface area contributed by atoms with Crippen LogP contribution in [0.2, 0.25) is 0 Å². The monoisotopic (exact) mass is 277 g/mol. The molecule has 110 valence electrons. The summed E-state index contributed by atoms with van der Waals surface area (Å²) in [6, 6.07) is 5.82. The quantitative estimate of drug-likeness (QED) is 0.616. The highest BCUT2D eigenvalue weighted by molar-refractivity contribution is 5.94. The Morgan fingerprint density at radius 2 is 1.70 bits per heavy atom. The summed E-state index contributed by atoms with van der Waals surface area (Å²) in [4.78, 5) is 22.9. The fourth-order valence-corrected chi connectivity index (χ4v) is 2.08. The highest BCUT2D eigenvalue weighted by atomic mass is 16.5. The molecule has 1 amide bonds. The van der Waals surface area contributed by atoms with E-state index in [1.54, 1.807) is 0 Å². The molecule has 0 heterocycles. The molecular formula is C16H23NO3. The zero-order chi connectivity index (χ0) is 15.0. The summed E-state index contributed by atoms with van der Waals surface area (Å²) < 4.78 is 4.57. The molecule has 1 aromatic rings. The SMILES string of the molecule is COC(=O)CCCCCNC(=O)c1cc(C)cc(C)c1. The number of carbonyl (C=O) groups excluding carboxylic acids is 2. The number of methoxy groups -OCH3 is 1. The average Bonchev–Trinajstić information content (AvgIpc) is 2.40. The third-order valence-corrected chi connectivity index (χ3v) is 3.05. The maximum absolute atomic E-state index is 12.0. The predicted octanol–water partition coefficient (Wildman–Crippen LogP) is 2.77. The van der Waals surface area contributed by atoms with Gasteiger partial charge in [0, 0.05) is 18.5 Å². The third kappa shape index (κ3) is 5.87. The Morgan fingerprint density at radius 3 is 2.30 bits per heavy atom. The van der Waals surface area contributed by atoms with Crippen LogP contribution in [0.3, 0.4) is 0 Å². The fraction of sp³-hybridized carbons (Fsp3) is 0.500. The molecule has 20 heavy (non-hydrogen) atoms. The summed E-state index contributed by atoms with van der Waals surface area (Å²) in [5.41, 5.74) is 2.89. The van der Waals surface area contributed by atoms with Crippen molar-refractivity contribution in [1.82, 2.24) is 5.32 Å². The molecule has 0 radical (unpaired) electrons. The maximum Gasteiger partial charge on any atom is 0.305 e. The highest BCUT2D eigenvalue weighted by Crippen LogP contribution is 2.08. The minimum atomic E-state index is -0.177. The minimum absolute atomic E-state index is 0.0373. The fourth-order valence-electron chi connectivity index (χ4n) is 2.08. The van der Waals surface area contributed by atoms with Crippen molar-refractivity contribution in [1.29, 1.82) is 0 Å². The van der Waals surface area contributed by atoms with Crippen LogP contribution >= 0.6 is 0 Å². The molecule has 0 bridgehead atoms. The first-order valence-electron chi connectivity index (χ1n) is 6.96. The van der Waals surface area contributed by atoms with Crippen molar-refractivity contribution in [3.05, 3.63) is 34.9 Å². The second-order valence-corrected chi connectivity index (χ2v) is 5.02. The van der Waals surface area contributed by atoms with E-state index < -0.39 is 0 Å². The number of aryl methyl sites for hydroxylation is 2. The van der Waals surface area contributed by atoms with Crippen molar-refractivity contribution in [2.24, 2.45) is 0 Å². The van der Waals surface area contributed by atoms with Gasteiger partial charge in [0.05, 0.1) is 7.11 Å². The Balaban J connectivity index is 2.25. The normalized spacial score (nSPS) is 10.2. The van der Waals surface area contributed by atoms with Gasteiger partial charge < -0.3 is 10.1 Å². The number of ether oxygens (including phenoxy) is 1. The lowest BCUT2D eigenvalue weighted by atomic mass is 10.1. The summed E-state index contributed by atoms with van der Waals surface area (Å²) in [6.45, 7) is 4.60. The Labute approximate surface area is 120 Å². The number of carbonyl (C=O) groups is 2. The van der Waals surface area contributed by atoms with Gasteiger partial charge in [0.25, 0.3) is 5.91 Å². The minimum Gasteiger partial charge on any atom is -0.469 e. The van der Waals surface area contributed by atoms with E-state index >= 15 is 0 Å². The van der Waals surface area contributed by atoms with E-state index in [9.17, 15) is 9.59 Å². The molecule has 1 rings (SSSR count). The Kier molecular flexibility index (Phi) is 6.77. The lowest BCUT2D eigenvalue weighted by molar-refractivity contribution is -0.140. The van der Waals surface area contributed by atoms with E-state index in [1.807, 2.05) is 32.0 Å². The van der Waals surface area contributed by atoms with Crippen molar-refractivity contribution in [2.45, 2.75) is 39.5 Å². The smallest absolute Gasteiger partial charge is 0.305 e. The molecule has 0 aliphatic carbocycles. The summed E-state index contributed by atoms with van der Waals surface area (Å²) >= 11 is 0. The number of nitrogens with one attached hydrogen (secondary N) is 1. The van der Waals surface area contributed by atoms with Crippen LogP contribution in [0.5, 0.6) is 0 Å². The Hall–Kier alpha value is -1.84. The number of hydrogen-bond donors (Lipinski definition) is 1. The van der Waals surface area contributed by atoms with Gasteiger partial charge in [0.15, 0.2) is 0 Å². The number of hydrogen-bond acceptors (Lipinski definition) is 3. The number of rotatable bonds is 7. The molecular weight excluding hydrogens is 254 g/mol. The summed E-state index contributed by atoms with van der Waals surface area (Å²) in [6.07, 6.45) is 3.02. The first-order chi connectivity index (χ1) is 9.52.